The molecule has 4 N–H and O–H groups in total. The maximum absolute atomic E-state index is 12.8. The summed E-state index contributed by atoms with van der Waals surface area (Å²) in [5, 5.41) is 13.0. The number of carbonyl (C=O) groups excluding carboxylic acids is 2. The molecule has 10 nitrogen and oxygen atoms in total. The van der Waals surface area contributed by atoms with Gasteiger partial charge >= 0.3 is 5.97 Å². The zero-order valence-electron chi connectivity index (χ0n) is 18.2. The summed E-state index contributed by atoms with van der Waals surface area (Å²) in [5.41, 5.74) is 7.31. The number of nitrogens with one attached hydrogen (secondary N) is 1. The number of anilines is 1. The number of fused-ring (bicyclic) bond motifs is 1. The maximum atomic E-state index is 12.8. The van der Waals surface area contributed by atoms with Crippen LogP contribution in [0.2, 0.25) is 0 Å². The summed E-state index contributed by atoms with van der Waals surface area (Å²) in [7, 11) is 3.36. The number of amides is 2. The quantitative estimate of drug-likeness (QED) is 0.418. The fourth-order valence-electron chi connectivity index (χ4n) is 3.43. The third-order valence-corrected chi connectivity index (χ3v) is 5.84. The first kappa shape index (κ1) is 23.4. The number of para-hydroxylation sites is 1. The standard InChI is InChI=1S/C21H26N6O4S/c1-12(7-4-5-10-22)27-16-13(19(29)26(2)3)8-6-9-14(16)24-21(27)25-17(28)15-11-32-18(23-15)20(30)31/h6,8-9,11-12H,4-5,7,10,22H2,1-3H3,(H,30,31)(H,24,25,28). The van der Waals surface area contributed by atoms with Crippen LogP contribution in [0.1, 0.15) is 62.9 Å². The number of nitrogens with two attached hydrogens (primary N) is 1. The minimum atomic E-state index is -1.19. The first-order valence-corrected chi connectivity index (χ1v) is 11.0. The van der Waals surface area contributed by atoms with Gasteiger partial charge in [-0.3, -0.25) is 14.9 Å². The largest absolute Gasteiger partial charge is 0.476 e. The molecule has 0 spiro atoms. The van der Waals surface area contributed by atoms with Crippen molar-refractivity contribution in [1.29, 1.82) is 0 Å². The molecular weight excluding hydrogens is 432 g/mol. The molecule has 2 aromatic heterocycles. The van der Waals surface area contributed by atoms with Gasteiger partial charge in [-0.15, -0.1) is 11.3 Å². The number of carboxylic acid groups (broad SMARTS) is 1. The number of benzene rings is 1. The number of unbranched alkanes of at least 4 members (excludes halogenated alkanes) is 1. The Kier molecular flexibility index (Phi) is 7.21. The van der Waals surface area contributed by atoms with E-state index in [1.165, 1.54) is 10.3 Å². The van der Waals surface area contributed by atoms with Gasteiger partial charge in [0.25, 0.3) is 11.8 Å². The molecule has 32 heavy (non-hydrogen) atoms. The summed E-state index contributed by atoms with van der Waals surface area (Å²) in [6, 6.07) is 5.19. The number of nitrogens with zero attached hydrogens (tertiary/aromatic N) is 4. The Balaban J connectivity index is 2.06. The molecule has 0 bridgehead atoms. The van der Waals surface area contributed by atoms with Crippen LogP contribution in [0, 0.1) is 0 Å². The van der Waals surface area contributed by atoms with Gasteiger partial charge in [0.05, 0.1) is 16.6 Å². The van der Waals surface area contributed by atoms with Gasteiger partial charge in [-0.25, -0.2) is 14.8 Å². The Hall–Kier alpha value is -3.31. The predicted octanol–water partition coefficient (Wildman–Crippen LogP) is 2.84. The lowest BCUT2D eigenvalue weighted by Gasteiger charge is -2.19. The smallest absolute Gasteiger partial charge is 0.365 e. The Morgan fingerprint density at radius 2 is 2.00 bits per heavy atom. The van der Waals surface area contributed by atoms with E-state index in [4.69, 9.17) is 10.8 Å². The van der Waals surface area contributed by atoms with E-state index in [9.17, 15) is 14.4 Å². The molecule has 0 saturated carbocycles. The number of rotatable bonds is 9. The molecule has 0 aliphatic rings. The normalized spacial score (nSPS) is 12.0. The van der Waals surface area contributed by atoms with Crippen LogP contribution in [0.15, 0.2) is 23.6 Å². The monoisotopic (exact) mass is 458 g/mol. The summed E-state index contributed by atoms with van der Waals surface area (Å²) >= 11 is 0.875. The van der Waals surface area contributed by atoms with E-state index in [0.29, 0.717) is 23.1 Å². The van der Waals surface area contributed by atoms with E-state index in [-0.39, 0.29) is 28.6 Å². The van der Waals surface area contributed by atoms with Crippen molar-refractivity contribution in [3.05, 3.63) is 39.8 Å². The Bertz CT molecular complexity index is 1150. The van der Waals surface area contributed by atoms with Crippen LogP contribution < -0.4 is 11.1 Å². The SMILES string of the molecule is CC(CCCCN)n1c(NC(=O)c2csc(C(=O)O)n2)nc2cccc(C(=O)N(C)C)c21. The first-order chi connectivity index (χ1) is 15.2. The highest BCUT2D eigenvalue weighted by Crippen LogP contribution is 2.30. The highest BCUT2D eigenvalue weighted by molar-refractivity contribution is 7.11. The van der Waals surface area contributed by atoms with E-state index in [2.05, 4.69) is 15.3 Å². The van der Waals surface area contributed by atoms with E-state index in [1.807, 2.05) is 11.5 Å². The lowest BCUT2D eigenvalue weighted by atomic mass is 10.1. The van der Waals surface area contributed by atoms with Gasteiger partial charge in [-0.2, -0.15) is 0 Å². The fraction of sp³-hybridized carbons (Fsp3) is 0.381. The van der Waals surface area contributed by atoms with Crippen molar-refractivity contribution in [2.24, 2.45) is 5.73 Å². The zero-order chi connectivity index (χ0) is 23.4. The molecule has 3 rings (SSSR count). The molecule has 11 heteroatoms. The van der Waals surface area contributed by atoms with Crippen molar-refractivity contribution >= 4 is 46.1 Å². The van der Waals surface area contributed by atoms with Crippen LogP contribution >= 0.6 is 11.3 Å². The first-order valence-electron chi connectivity index (χ1n) is 10.2. The van der Waals surface area contributed by atoms with Gasteiger partial charge in [0, 0.05) is 25.5 Å². The molecule has 0 aliphatic heterocycles. The van der Waals surface area contributed by atoms with Crippen molar-refractivity contribution in [3.63, 3.8) is 0 Å². The summed E-state index contributed by atoms with van der Waals surface area (Å²) in [4.78, 5) is 46.6. The number of carbonyl (C=O) groups is 3. The van der Waals surface area contributed by atoms with E-state index in [1.54, 1.807) is 32.3 Å². The predicted molar refractivity (Wildman–Crippen MR) is 122 cm³/mol. The molecule has 0 saturated heterocycles. The third kappa shape index (κ3) is 4.78. The molecule has 0 aliphatic carbocycles. The molecule has 170 valence electrons. The average Bonchev–Trinajstić information content (AvgIpc) is 3.38. The van der Waals surface area contributed by atoms with Gasteiger partial charge in [-0.05, 0) is 38.4 Å². The van der Waals surface area contributed by atoms with Crippen LogP contribution in [-0.4, -0.2) is 63.0 Å². The van der Waals surface area contributed by atoms with Crippen molar-refractivity contribution in [1.82, 2.24) is 19.4 Å². The molecule has 1 aromatic carbocycles. The summed E-state index contributed by atoms with van der Waals surface area (Å²) in [6.45, 7) is 2.58. The van der Waals surface area contributed by atoms with Gasteiger partial charge in [-0.1, -0.05) is 12.5 Å². The second kappa shape index (κ2) is 9.88. The zero-order valence-corrected chi connectivity index (χ0v) is 19.0. The van der Waals surface area contributed by atoms with Gasteiger partial charge in [0.1, 0.15) is 5.69 Å². The number of aromatic carboxylic acids is 1. The molecule has 1 atom stereocenters. The number of hydrogen-bond donors (Lipinski definition) is 3. The van der Waals surface area contributed by atoms with Crippen LogP contribution in [-0.2, 0) is 0 Å². The second-order valence-electron chi connectivity index (χ2n) is 7.61. The van der Waals surface area contributed by atoms with E-state index < -0.39 is 11.9 Å². The summed E-state index contributed by atoms with van der Waals surface area (Å²) in [6.07, 6.45) is 2.51. The minimum Gasteiger partial charge on any atom is -0.476 e. The van der Waals surface area contributed by atoms with Crippen LogP contribution in [0.3, 0.4) is 0 Å². The lowest BCUT2D eigenvalue weighted by molar-refractivity contribution is 0.0696. The Morgan fingerprint density at radius 1 is 1.25 bits per heavy atom. The van der Waals surface area contributed by atoms with Gasteiger partial charge in [0.2, 0.25) is 11.0 Å². The highest BCUT2D eigenvalue weighted by atomic mass is 32.1. The molecule has 2 heterocycles. The topological polar surface area (TPSA) is 143 Å². The van der Waals surface area contributed by atoms with Crippen molar-refractivity contribution < 1.29 is 19.5 Å². The van der Waals surface area contributed by atoms with Crippen LogP contribution in [0.4, 0.5) is 5.95 Å². The van der Waals surface area contributed by atoms with Crippen molar-refractivity contribution in [2.75, 3.05) is 26.0 Å². The number of hydrogen-bond acceptors (Lipinski definition) is 7. The molecular formula is C21H26N6O4S. The molecule has 1 unspecified atom stereocenters. The van der Waals surface area contributed by atoms with E-state index >= 15 is 0 Å². The maximum Gasteiger partial charge on any atom is 0.365 e. The molecule has 3 aromatic rings. The number of thiazole rings is 1. The van der Waals surface area contributed by atoms with Gasteiger partial charge in [0.15, 0.2) is 0 Å². The minimum absolute atomic E-state index is 0.00798. The van der Waals surface area contributed by atoms with Crippen LogP contribution in [0.25, 0.3) is 11.0 Å². The molecule has 2 amide bonds. The Labute approximate surface area is 189 Å². The van der Waals surface area contributed by atoms with Gasteiger partial charge < -0.3 is 20.3 Å². The highest BCUT2D eigenvalue weighted by Gasteiger charge is 2.24. The van der Waals surface area contributed by atoms with Crippen molar-refractivity contribution in [3.8, 4) is 0 Å². The van der Waals surface area contributed by atoms with Crippen LogP contribution in [0.5, 0.6) is 0 Å². The lowest BCUT2D eigenvalue weighted by Crippen LogP contribution is -2.23. The van der Waals surface area contributed by atoms with Crippen molar-refractivity contribution in [2.45, 2.75) is 32.2 Å². The average molecular weight is 459 g/mol. The molecule has 0 radical (unpaired) electrons. The third-order valence-electron chi connectivity index (χ3n) is 5.01. The summed E-state index contributed by atoms with van der Waals surface area (Å²) in [5.74, 6) is -1.66. The fourth-order valence-corrected chi connectivity index (χ4v) is 4.07. The Morgan fingerprint density at radius 3 is 2.62 bits per heavy atom. The molecule has 0 fully saturated rings. The number of carboxylic acids is 1. The second-order valence-corrected chi connectivity index (χ2v) is 8.47. The summed E-state index contributed by atoms with van der Waals surface area (Å²) < 4.78 is 1.85. The number of imidazole rings is 1. The van der Waals surface area contributed by atoms with E-state index in [0.717, 1.165) is 30.6 Å². The number of aromatic nitrogens is 3.